The summed E-state index contributed by atoms with van der Waals surface area (Å²) in [6.45, 7) is 0. The molecule has 116 valence electrons. The second-order valence-corrected chi connectivity index (χ2v) is 4.89. The lowest BCUT2D eigenvalue weighted by Crippen LogP contribution is -1.86. The molecule has 0 unspecified atom stereocenters. The van der Waals surface area contributed by atoms with Crippen LogP contribution in [0.15, 0.2) is 64.8 Å². The van der Waals surface area contributed by atoms with E-state index < -0.39 is 0 Å². The Morgan fingerprint density at radius 1 is 0.870 bits per heavy atom. The largest absolute Gasteiger partial charge is 0.506 e. The van der Waals surface area contributed by atoms with Crippen molar-refractivity contribution in [3.8, 4) is 17.2 Å². The maximum atomic E-state index is 10.1. The zero-order chi connectivity index (χ0) is 16.2. The molecule has 0 bridgehead atoms. The minimum absolute atomic E-state index is 0.0833. The standard InChI is InChI=1S/C18H16N2O3/c1-22-13-8-9-15(17(11-13)23-2)19-20-18-14-6-4-3-5-12(14)7-10-16(18)21/h3-11,21H,1-2H3. The highest BCUT2D eigenvalue weighted by Crippen LogP contribution is 2.38. The van der Waals surface area contributed by atoms with Gasteiger partial charge in [-0.05, 0) is 23.6 Å². The molecule has 5 heteroatoms. The maximum absolute atomic E-state index is 10.1. The predicted octanol–water partition coefficient (Wildman–Crippen LogP) is 4.98. The summed E-state index contributed by atoms with van der Waals surface area (Å²) in [6, 6.07) is 16.4. The van der Waals surface area contributed by atoms with Gasteiger partial charge in [-0.15, -0.1) is 10.2 Å². The van der Waals surface area contributed by atoms with Crippen molar-refractivity contribution < 1.29 is 14.6 Å². The van der Waals surface area contributed by atoms with E-state index in [0.29, 0.717) is 22.9 Å². The topological polar surface area (TPSA) is 63.4 Å². The van der Waals surface area contributed by atoms with Crippen molar-refractivity contribution >= 4 is 22.1 Å². The molecule has 23 heavy (non-hydrogen) atoms. The molecule has 0 saturated heterocycles. The predicted molar refractivity (Wildman–Crippen MR) is 89.3 cm³/mol. The van der Waals surface area contributed by atoms with Crippen molar-refractivity contribution in [1.29, 1.82) is 0 Å². The van der Waals surface area contributed by atoms with Crippen molar-refractivity contribution in [3.63, 3.8) is 0 Å². The number of aromatic hydroxyl groups is 1. The molecular weight excluding hydrogens is 292 g/mol. The van der Waals surface area contributed by atoms with E-state index in [1.54, 1.807) is 38.5 Å². The number of methoxy groups -OCH3 is 2. The van der Waals surface area contributed by atoms with Gasteiger partial charge in [-0.3, -0.25) is 0 Å². The Balaban J connectivity index is 2.05. The normalized spacial score (nSPS) is 11.0. The number of hydrogen-bond acceptors (Lipinski definition) is 5. The molecule has 3 rings (SSSR count). The first-order valence-corrected chi connectivity index (χ1v) is 7.07. The first kappa shape index (κ1) is 14.8. The van der Waals surface area contributed by atoms with E-state index in [1.165, 1.54) is 0 Å². The SMILES string of the molecule is COc1ccc(N=Nc2c(O)ccc3ccccc23)c(OC)c1. The third kappa shape index (κ3) is 2.94. The molecule has 0 saturated carbocycles. The second-order valence-electron chi connectivity index (χ2n) is 4.89. The quantitative estimate of drug-likeness (QED) is 0.691. The maximum Gasteiger partial charge on any atom is 0.150 e. The Labute approximate surface area is 133 Å². The van der Waals surface area contributed by atoms with E-state index in [9.17, 15) is 5.11 Å². The minimum atomic E-state index is 0.0833. The molecule has 0 aromatic heterocycles. The van der Waals surface area contributed by atoms with E-state index in [0.717, 1.165) is 10.8 Å². The Hall–Kier alpha value is -3.08. The van der Waals surface area contributed by atoms with Gasteiger partial charge in [0.2, 0.25) is 0 Å². The molecule has 0 atom stereocenters. The van der Waals surface area contributed by atoms with Crippen LogP contribution in [0.25, 0.3) is 10.8 Å². The zero-order valence-corrected chi connectivity index (χ0v) is 12.9. The fourth-order valence-electron chi connectivity index (χ4n) is 2.32. The summed E-state index contributed by atoms with van der Waals surface area (Å²) < 4.78 is 10.5. The average Bonchev–Trinajstić information content (AvgIpc) is 2.60. The average molecular weight is 308 g/mol. The molecule has 0 aliphatic heterocycles. The molecule has 3 aromatic rings. The molecule has 3 aromatic carbocycles. The van der Waals surface area contributed by atoms with Gasteiger partial charge in [-0.1, -0.05) is 30.3 Å². The molecule has 0 aliphatic carbocycles. The van der Waals surface area contributed by atoms with Crippen LogP contribution in [-0.2, 0) is 0 Å². The van der Waals surface area contributed by atoms with Crippen LogP contribution in [0, 0.1) is 0 Å². The highest BCUT2D eigenvalue weighted by atomic mass is 16.5. The number of hydrogen-bond donors (Lipinski definition) is 1. The number of phenolic OH excluding ortho intramolecular Hbond substituents is 1. The summed E-state index contributed by atoms with van der Waals surface area (Å²) in [5, 5.41) is 20.4. The van der Waals surface area contributed by atoms with Crippen LogP contribution < -0.4 is 9.47 Å². The summed E-state index contributed by atoms with van der Waals surface area (Å²) in [4.78, 5) is 0. The first-order valence-electron chi connectivity index (χ1n) is 7.07. The molecule has 0 radical (unpaired) electrons. The number of fused-ring (bicyclic) bond motifs is 1. The van der Waals surface area contributed by atoms with Crippen molar-refractivity contribution in [1.82, 2.24) is 0 Å². The van der Waals surface area contributed by atoms with Crippen LogP contribution in [0.1, 0.15) is 0 Å². The summed E-state index contributed by atoms with van der Waals surface area (Å²) in [5.41, 5.74) is 0.988. The Kier molecular flexibility index (Phi) is 4.10. The van der Waals surface area contributed by atoms with Crippen molar-refractivity contribution in [2.75, 3.05) is 14.2 Å². The summed E-state index contributed by atoms with van der Waals surface area (Å²) in [6.07, 6.45) is 0. The van der Waals surface area contributed by atoms with Crippen molar-refractivity contribution in [2.45, 2.75) is 0 Å². The molecule has 0 amide bonds. The van der Waals surface area contributed by atoms with Crippen LogP contribution in [0.4, 0.5) is 11.4 Å². The number of phenols is 1. The number of rotatable bonds is 4. The molecule has 0 aliphatic rings. The van der Waals surface area contributed by atoms with E-state index in [-0.39, 0.29) is 5.75 Å². The summed E-state index contributed by atoms with van der Waals surface area (Å²) in [5.74, 6) is 1.31. The molecule has 0 spiro atoms. The number of ether oxygens (including phenoxy) is 2. The molecule has 5 nitrogen and oxygen atoms in total. The van der Waals surface area contributed by atoms with Crippen LogP contribution in [-0.4, -0.2) is 19.3 Å². The van der Waals surface area contributed by atoms with Gasteiger partial charge in [0.05, 0.1) is 14.2 Å². The summed E-state index contributed by atoms with van der Waals surface area (Å²) in [7, 11) is 3.15. The van der Waals surface area contributed by atoms with Gasteiger partial charge in [-0.2, -0.15) is 0 Å². The number of benzene rings is 3. The van der Waals surface area contributed by atoms with Gasteiger partial charge in [0.1, 0.15) is 28.6 Å². The van der Waals surface area contributed by atoms with Crippen molar-refractivity contribution in [2.24, 2.45) is 10.2 Å². The zero-order valence-electron chi connectivity index (χ0n) is 12.9. The highest BCUT2D eigenvalue weighted by molar-refractivity contribution is 5.95. The van der Waals surface area contributed by atoms with Gasteiger partial charge >= 0.3 is 0 Å². The Morgan fingerprint density at radius 2 is 1.70 bits per heavy atom. The van der Waals surface area contributed by atoms with Crippen molar-refractivity contribution in [3.05, 3.63) is 54.6 Å². The third-order valence-corrected chi connectivity index (χ3v) is 3.52. The van der Waals surface area contributed by atoms with Crippen LogP contribution in [0.2, 0.25) is 0 Å². The second kappa shape index (κ2) is 6.36. The lowest BCUT2D eigenvalue weighted by atomic mass is 10.1. The van der Waals surface area contributed by atoms with Gasteiger partial charge in [-0.25, -0.2) is 0 Å². The molecule has 0 fully saturated rings. The van der Waals surface area contributed by atoms with E-state index >= 15 is 0 Å². The third-order valence-electron chi connectivity index (χ3n) is 3.52. The molecule has 1 N–H and O–H groups in total. The van der Waals surface area contributed by atoms with Gasteiger partial charge < -0.3 is 14.6 Å². The van der Waals surface area contributed by atoms with E-state index in [1.807, 2.05) is 30.3 Å². The van der Waals surface area contributed by atoms with Crippen LogP contribution in [0.3, 0.4) is 0 Å². The Morgan fingerprint density at radius 3 is 2.48 bits per heavy atom. The smallest absolute Gasteiger partial charge is 0.150 e. The Bertz CT molecular complexity index is 875. The first-order chi connectivity index (χ1) is 11.2. The van der Waals surface area contributed by atoms with Crippen LogP contribution in [0.5, 0.6) is 17.2 Å². The highest BCUT2D eigenvalue weighted by Gasteiger charge is 2.08. The van der Waals surface area contributed by atoms with Gasteiger partial charge in [0.15, 0.2) is 0 Å². The summed E-state index contributed by atoms with van der Waals surface area (Å²) >= 11 is 0. The van der Waals surface area contributed by atoms with Gasteiger partial charge in [0.25, 0.3) is 0 Å². The fourth-order valence-corrected chi connectivity index (χ4v) is 2.32. The number of nitrogens with zero attached hydrogens (tertiary/aromatic N) is 2. The minimum Gasteiger partial charge on any atom is -0.506 e. The number of azo groups is 1. The van der Waals surface area contributed by atoms with Gasteiger partial charge in [0, 0.05) is 11.5 Å². The fraction of sp³-hybridized carbons (Fsp3) is 0.111. The molecular formula is C18H16N2O3. The van der Waals surface area contributed by atoms with Crippen LogP contribution >= 0.6 is 0 Å². The lowest BCUT2D eigenvalue weighted by Gasteiger charge is -2.07. The lowest BCUT2D eigenvalue weighted by molar-refractivity contribution is 0.395. The van der Waals surface area contributed by atoms with E-state index in [4.69, 9.17) is 9.47 Å². The molecule has 0 heterocycles. The van der Waals surface area contributed by atoms with E-state index in [2.05, 4.69) is 10.2 Å². The monoisotopic (exact) mass is 308 g/mol.